The fraction of sp³-hybridized carbons (Fsp3) is 0.0800. The number of hydrogen-bond acceptors (Lipinski definition) is 6. The van der Waals surface area contributed by atoms with Gasteiger partial charge in [-0.05, 0) is 29.8 Å². The summed E-state index contributed by atoms with van der Waals surface area (Å²) in [6.45, 7) is 0. The van der Waals surface area contributed by atoms with Gasteiger partial charge in [0.05, 0.1) is 19.1 Å². The average molecular weight is 431 g/mol. The molecule has 0 unspecified atom stereocenters. The third-order valence-electron chi connectivity index (χ3n) is 4.56. The quantitative estimate of drug-likeness (QED) is 0.122. The van der Waals surface area contributed by atoms with Crippen molar-refractivity contribution in [2.45, 2.75) is 0 Å². The van der Waals surface area contributed by atoms with Gasteiger partial charge in [0, 0.05) is 29.3 Å². The minimum Gasteiger partial charge on any atom is -0.496 e. The third kappa shape index (κ3) is 5.40. The van der Waals surface area contributed by atoms with Crippen molar-refractivity contribution in [2.75, 3.05) is 14.2 Å². The molecule has 3 aromatic carbocycles. The van der Waals surface area contributed by atoms with Crippen LogP contribution >= 0.6 is 0 Å². The first kappa shape index (κ1) is 22.3. The first-order valence-electron chi connectivity index (χ1n) is 9.65. The van der Waals surface area contributed by atoms with Gasteiger partial charge >= 0.3 is 5.97 Å². The molecular weight excluding hydrogens is 410 g/mol. The molecule has 0 spiro atoms. The SMILES string of the molecule is COc1ccccc1C(=C/C=C/C(=O)Oc1ccc([N+](=O)[O-])cc1)c1ccccc1OC. The maximum absolute atomic E-state index is 12.2. The van der Waals surface area contributed by atoms with E-state index in [4.69, 9.17) is 14.2 Å². The predicted molar refractivity (Wildman–Crippen MR) is 121 cm³/mol. The number of hydrogen-bond donors (Lipinski definition) is 0. The Labute approximate surface area is 185 Å². The normalized spacial score (nSPS) is 10.4. The number of para-hydroxylation sites is 2. The number of rotatable bonds is 8. The van der Waals surface area contributed by atoms with E-state index in [0.29, 0.717) is 11.5 Å². The number of nitro groups is 1. The van der Waals surface area contributed by atoms with E-state index >= 15 is 0 Å². The zero-order valence-corrected chi connectivity index (χ0v) is 17.6. The average Bonchev–Trinajstić information content (AvgIpc) is 2.82. The molecule has 7 heteroatoms. The molecule has 3 aromatic rings. The zero-order chi connectivity index (χ0) is 22.9. The summed E-state index contributed by atoms with van der Waals surface area (Å²) in [4.78, 5) is 22.4. The highest BCUT2D eigenvalue weighted by Gasteiger charge is 2.14. The molecule has 7 nitrogen and oxygen atoms in total. The molecule has 0 aromatic heterocycles. The lowest BCUT2D eigenvalue weighted by molar-refractivity contribution is -0.384. The van der Waals surface area contributed by atoms with Crippen molar-refractivity contribution in [3.05, 3.63) is 112 Å². The van der Waals surface area contributed by atoms with E-state index in [0.717, 1.165) is 16.7 Å². The van der Waals surface area contributed by atoms with E-state index in [2.05, 4.69) is 0 Å². The van der Waals surface area contributed by atoms with E-state index in [1.165, 1.54) is 30.3 Å². The van der Waals surface area contributed by atoms with Crippen molar-refractivity contribution < 1.29 is 23.9 Å². The molecule has 0 fully saturated rings. The van der Waals surface area contributed by atoms with Crippen LogP contribution in [0.5, 0.6) is 17.2 Å². The van der Waals surface area contributed by atoms with E-state index in [1.807, 2.05) is 48.5 Å². The molecule has 0 aliphatic carbocycles. The van der Waals surface area contributed by atoms with E-state index in [-0.39, 0.29) is 11.4 Å². The lowest BCUT2D eigenvalue weighted by Gasteiger charge is -2.15. The van der Waals surface area contributed by atoms with Crippen molar-refractivity contribution in [1.82, 2.24) is 0 Å². The first-order chi connectivity index (χ1) is 15.5. The van der Waals surface area contributed by atoms with Crippen LogP contribution < -0.4 is 14.2 Å². The number of allylic oxidation sites excluding steroid dienone is 2. The topological polar surface area (TPSA) is 87.9 Å². The number of benzene rings is 3. The minimum absolute atomic E-state index is 0.0819. The van der Waals surface area contributed by atoms with E-state index in [1.54, 1.807) is 26.4 Å². The molecule has 0 saturated heterocycles. The summed E-state index contributed by atoms with van der Waals surface area (Å²) in [6, 6.07) is 20.4. The lowest BCUT2D eigenvalue weighted by Crippen LogP contribution is -2.03. The Bertz CT molecular complexity index is 1120. The molecule has 32 heavy (non-hydrogen) atoms. The van der Waals surface area contributed by atoms with Crippen molar-refractivity contribution in [3.8, 4) is 17.2 Å². The summed E-state index contributed by atoms with van der Waals surface area (Å²) in [6.07, 6.45) is 4.61. The Morgan fingerprint density at radius 1 is 0.844 bits per heavy atom. The van der Waals surface area contributed by atoms with Gasteiger partial charge in [-0.25, -0.2) is 4.79 Å². The second kappa shape index (κ2) is 10.6. The number of nitro benzene ring substituents is 1. The Balaban J connectivity index is 1.89. The summed E-state index contributed by atoms with van der Waals surface area (Å²) in [5.41, 5.74) is 2.36. The Morgan fingerprint density at radius 3 is 1.88 bits per heavy atom. The standard InChI is InChI=1S/C25H21NO6/c1-30-23-11-5-3-8-21(23)20(22-9-4-6-12-24(22)31-2)10-7-13-25(27)32-19-16-14-18(15-17-19)26(28)29/h3-17H,1-2H3/b13-7+. The number of ether oxygens (including phenoxy) is 3. The van der Waals surface area contributed by atoms with Crippen LogP contribution in [0.4, 0.5) is 5.69 Å². The van der Waals surface area contributed by atoms with Crippen LogP contribution in [0, 0.1) is 10.1 Å². The number of esters is 1. The smallest absolute Gasteiger partial charge is 0.336 e. The number of nitrogens with zero attached hydrogens (tertiary/aromatic N) is 1. The van der Waals surface area contributed by atoms with Crippen LogP contribution in [0.15, 0.2) is 91.0 Å². The number of carbonyl (C=O) groups excluding carboxylic acids is 1. The highest BCUT2D eigenvalue weighted by molar-refractivity contribution is 5.88. The summed E-state index contributed by atoms with van der Waals surface area (Å²) in [5.74, 6) is 0.941. The molecule has 0 N–H and O–H groups in total. The Morgan fingerprint density at radius 2 is 1.38 bits per heavy atom. The summed E-state index contributed by atoms with van der Waals surface area (Å²) in [7, 11) is 3.19. The van der Waals surface area contributed by atoms with Crippen LogP contribution in [0.1, 0.15) is 11.1 Å². The second-order valence-corrected chi connectivity index (χ2v) is 6.51. The van der Waals surface area contributed by atoms with Crippen molar-refractivity contribution in [1.29, 1.82) is 0 Å². The molecule has 0 saturated carbocycles. The predicted octanol–water partition coefficient (Wildman–Crippen LogP) is 5.21. The van der Waals surface area contributed by atoms with Crippen LogP contribution in [0.3, 0.4) is 0 Å². The highest BCUT2D eigenvalue weighted by atomic mass is 16.6. The van der Waals surface area contributed by atoms with Gasteiger partial charge in [0.1, 0.15) is 17.2 Å². The zero-order valence-electron chi connectivity index (χ0n) is 17.6. The van der Waals surface area contributed by atoms with Gasteiger partial charge < -0.3 is 14.2 Å². The maximum atomic E-state index is 12.2. The fourth-order valence-electron chi connectivity index (χ4n) is 3.07. The molecule has 162 valence electrons. The van der Waals surface area contributed by atoms with Crippen LogP contribution in [0.25, 0.3) is 5.57 Å². The van der Waals surface area contributed by atoms with Crippen molar-refractivity contribution in [2.24, 2.45) is 0 Å². The lowest BCUT2D eigenvalue weighted by atomic mass is 9.95. The molecule has 0 aliphatic heterocycles. The van der Waals surface area contributed by atoms with Gasteiger partial charge in [-0.1, -0.05) is 48.6 Å². The second-order valence-electron chi connectivity index (χ2n) is 6.51. The molecule has 0 atom stereocenters. The summed E-state index contributed by atoms with van der Waals surface area (Å²) in [5, 5.41) is 10.7. The molecule has 0 heterocycles. The van der Waals surface area contributed by atoms with E-state index < -0.39 is 10.9 Å². The number of methoxy groups -OCH3 is 2. The summed E-state index contributed by atoms with van der Waals surface area (Å²) >= 11 is 0. The van der Waals surface area contributed by atoms with Gasteiger partial charge in [0.25, 0.3) is 5.69 Å². The molecule has 0 aliphatic rings. The largest absolute Gasteiger partial charge is 0.496 e. The van der Waals surface area contributed by atoms with Gasteiger partial charge in [-0.3, -0.25) is 10.1 Å². The molecule has 0 amide bonds. The first-order valence-corrected chi connectivity index (χ1v) is 9.65. The van der Waals surface area contributed by atoms with Crippen LogP contribution in [-0.4, -0.2) is 25.1 Å². The molecule has 3 rings (SSSR count). The third-order valence-corrected chi connectivity index (χ3v) is 4.56. The van der Waals surface area contributed by atoms with Crippen molar-refractivity contribution >= 4 is 17.2 Å². The molecular formula is C25H21NO6. The molecule has 0 radical (unpaired) electrons. The van der Waals surface area contributed by atoms with Gasteiger partial charge in [-0.15, -0.1) is 0 Å². The Kier molecular flexibility index (Phi) is 7.37. The Hall–Kier alpha value is -4.39. The van der Waals surface area contributed by atoms with Gasteiger partial charge in [0.2, 0.25) is 0 Å². The van der Waals surface area contributed by atoms with E-state index in [9.17, 15) is 14.9 Å². The summed E-state index contributed by atoms with van der Waals surface area (Å²) < 4.78 is 16.2. The van der Waals surface area contributed by atoms with Crippen LogP contribution in [-0.2, 0) is 4.79 Å². The fourth-order valence-corrected chi connectivity index (χ4v) is 3.07. The van der Waals surface area contributed by atoms with Crippen LogP contribution in [0.2, 0.25) is 0 Å². The molecule has 0 bridgehead atoms. The number of carbonyl (C=O) groups is 1. The van der Waals surface area contributed by atoms with Gasteiger partial charge in [-0.2, -0.15) is 0 Å². The number of non-ortho nitro benzene ring substituents is 1. The minimum atomic E-state index is -0.616. The monoisotopic (exact) mass is 431 g/mol. The maximum Gasteiger partial charge on any atom is 0.336 e. The highest BCUT2D eigenvalue weighted by Crippen LogP contribution is 2.35. The van der Waals surface area contributed by atoms with Crippen molar-refractivity contribution in [3.63, 3.8) is 0 Å². The van der Waals surface area contributed by atoms with Gasteiger partial charge in [0.15, 0.2) is 0 Å².